The standard InChI is InChI=1S/C16H22N6O3/c1-23-15-4-14(17-10-18-15)22-2-3-24-9-16(8-22)5-13(7-25-16)6-21-11-19-20-12-21/h4,10-13H,2-3,5-9H2,1H3. The van der Waals surface area contributed by atoms with Crippen molar-refractivity contribution >= 4 is 5.82 Å². The van der Waals surface area contributed by atoms with Crippen LogP contribution < -0.4 is 9.64 Å². The van der Waals surface area contributed by atoms with E-state index in [-0.39, 0.29) is 5.60 Å². The first-order valence-corrected chi connectivity index (χ1v) is 8.41. The fourth-order valence-electron chi connectivity index (χ4n) is 3.60. The molecule has 0 aliphatic carbocycles. The monoisotopic (exact) mass is 346 g/mol. The van der Waals surface area contributed by atoms with Gasteiger partial charge in [0.05, 0.1) is 33.5 Å². The van der Waals surface area contributed by atoms with E-state index in [9.17, 15) is 0 Å². The number of methoxy groups -OCH3 is 1. The molecule has 0 N–H and O–H groups in total. The molecule has 9 nitrogen and oxygen atoms in total. The highest BCUT2D eigenvalue weighted by atomic mass is 16.5. The van der Waals surface area contributed by atoms with Crippen LogP contribution in [0.15, 0.2) is 25.0 Å². The summed E-state index contributed by atoms with van der Waals surface area (Å²) in [6, 6.07) is 1.85. The number of anilines is 1. The summed E-state index contributed by atoms with van der Waals surface area (Å²) in [5.74, 6) is 1.81. The van der Waals surface area contributed by atoms with Gasteiger partial charge in [-0.3, -0.25) is 0 Å². The van der Waals surface area contributed by atoms with Crippen molar-refractivity contribution in [3.05, 3.63) is 25.0 Å². The first-order valence-electron chi connectivity index (χ1n) is 8.41. The second kappa shape index (κ2) is 6.93. The van der Waals surface area contributed by atoms with Gasteiger partial charge in [0, 0.05) is 25.1 Å². The molecule has 0 amide bonds. The van der Waals surface area contributed by atoms with Gasteiger partial charge in [0.2, 0.25) is 5.88 Å². The van der Waals surface area contributed by atoms with Crippen molar-refractivity contribution in [3.8, 4) is 5.88 Å². The van der Waals surface area contributed by atoms with Crippen molar-refractivity contribution in [1.29, 1.82) is 0 Å². The van der Waals surface area contributed by atoms with Crippen molar-refractivity contribution in [3.63, 3.8) is 0 Å². The van der Waals surface area contributed by atoms with E-state index in [4.69, 9.17) is 14.2 Å². The Bertz CT molecular complexity index is 697. The highest BCUT2D eigenvalue weighted by Crippen LogP contribution is 2.34. The molecule has 25 heavy (non-hydrogen) atoms. The van der Waals surface area contributed by atoms with Crippen molar-refractivity contribution < 1.29 is 14.2 Å². The molecule has 2 aromatic rings. The van der Waals surface area contributed by atoms with E-state index in [1.54, 1.807) is 19.8 Å². The summed E-state index contributed by atoms with van der Waals surface area (Å²) in [6.07, 6.45) is 5.95. The molecule has 2 unspecified atom stereocenters. The number of hydrogen-bond donors (Lipinski definition) is 0. The molecule has 4 rings (SSSR count). The van der Waals surface area contributed by atoms with Gasteiger partial charge >= 0.3 is 0 Å². The summed E-state index contributed by atoms with van der Waals surface area (Å²) in [7, 11) is 1.61. The van der Waals surface area contributed by atoms with E-state index in [0.29, 0.717) is 31.6 Å². The Hall–Kier alpha value is -2.26. The number of aromatic nitrogens is 5. The minimum atomic E-state index is -0.312. The zero-order valence-electron chi connectivity index (χ0n) is 14.2. The summed E-state index contributed by atoms with van der Waals surface area (Å²) in [4.78, 5) is 10.7. The quantitative estimate of drug-likeness (QED) is 0.786. The van der Waals surface area contributed by atoms with E-state index < -0.39 is 0 Å². The molecular formula is C16H22N6O3. The van der Waals surface area contributed by atoms with Gasteiger partial charge in [-0.15, -0.1) is 10.2 Å². The van der Waals surface area contributed by atoms with Gasteiger partial charge in [0.15, 0.2) is 0 Å². The molecule has 0 bridgehead atoms. The molecule has 0 radical (unpaired) electrons. The lowest BCUT2D eigenvalue weighted by molar-refractivity contribution is -0.0457. The third-order valence-electron chi connectivity index (χ3n) is 4.73. The summed E-state index contributed by atoms with van der Waals surface area (Å²) in [5.41, 5.74) is -0.312. The van der Waals surface area contributed by atoms with Gasteiger partial charge in [-0.2, -0.15) is 0 Å². The molecule has 2 aliphatic heterocycles. The van der Waals surface area contributed by atoms with Crippen LogP contribution in [0.5, 0.6) is 5.88 Å². The van der Waals surface area contributed by atoms with E-state index in [2.05, 4.69) is 25.1 Å². The molecule has 2 aromatic heterocycles. The molecule has 9 heteroatoms. The van der Waals surface area contributed by atoms with E-state index in [1.165, 1.54) is 6.33 Å². The normalized spacial score (nSPS) is 26.8. The molecule has 2 fully saturated rings. The Morgan fingerprint density at radius 3 is 3.04 bits per heavy atom. The van der Waals surface area contributed by atoms with Crippen molar-refractivity contribution in [2.24, 2.45) is 5.92 Å². The van der Waals surface area contributed by atoms with Gasteiger partial charge in [-0.05, 0) is 6.42 Å². The molecule has 0 saturated carbocycles. The smallest absolute Gasteiger partial charge is 0.218 e. The summed E-state index contributed by atoms with van der Waals surface area (Å²) < 4.78 is 19.3. The molecule has 1 spiro atoms. The Labute approximate surface area is 145 Å². The fourth-order valence-corrected chi connectivity index (χ4v) is 3.60. The summed E-state index contributed by atoms with van der Waals surface area (Å²) >= 11 is 0. The first-order chi connectivity index (χ1) is 12.3. The molecule has 0 aromatic carbocycles. The van der Waals surface area contributed by atoms with Crippen molar-refractivity contribution in [2.75, 3.05) is 44.9 Å². The molecule has 134 valence electrons. The van der Waals surface area contributed by atoms with Crippen LogP contribution in [0.1, 0.15) is 6.42 Å². The first kappa shape index (κ1) is 16.2. The highest BCUT2D eigenvalue weighted by Gasteiger charge is 2.43. The van der Waals surface area contributed by atoms with Crippen LogP contribution in [0.2, 0.25) is 0 Å². The second-order valence-electron chi connectivity index (χ2n) is 6.62. The zero-order valence-corrected chi connectivity index (χ0v) is 14.2. The molecule has 2 aliphatic rings. The fraction of sp³-hybridized carbons (Fsp3) is 0.625. The lowest BCUT2D eigenvalue weighted by atomic mass is 9.94. The van der Waals surface area contributed by atoms with Gasteiger partial charge in [-0.25, -0.2) is 9.97 Å². The lowest BCUT2D eigenvalue weighted by Gasteiger charge is -2.31. The SMILES string of the molecule is COc1cc(N2CCOCC3(CC(Cn4cnnc4)CO3)C2)ncn1. The lowest BCUT2D eigenvalue weighted by Crippen LogP contribution is -2.44. The van der Waals surface area contributed by atoms with Crippen LogP contribution in [0.4, 0.5) is 5.82 Å². The molecular weight excluding hydrogens is 324 g/mol. The van der Waals surface area contributed by atoms with Crippen LogP contribution >= 0.6 is 0 Å². The maximum absolute atomic E-state index is 6.24. The maximum Gasteiger partial charge on any atom is 0.218 e. The van der Waals surface area contributed by atoms with Gasteiger partial charge in [-0.1, -0.05) is 0 Å². The molecule has 2 atom stereocenters. The van der Waals surface area contributed by atoms with Crippen LogP contribution in [0, 0.1) is 5.92 Å². The average Bonchev–Trinajstić information content (AvgIpc) is 3.23. The third kappa shape index (κ3) is 3.57. The van der Waals surface area contributed by atoms with Crippen LogP contribution in [-0.4, -0.2) is 70.4 Å². The Kier molecular flexibility index (Phi) is 4.50. The van der Waals surface area contributed by atoms with Crippen LogP contribution in [0.25, 0.3) is 0 Å². The maximum atomic E-state index is 6.24. The Morgan fingerprint density at radius 2 is 2.20 bits per heavy atom. The van der Waals surface area contributed by atoms with E-state index in [0.717, 1.165) is 31.9 Å². The van der Waals surface area contributed by atoms with E-state index in [1.807, 2.05) is 10.6 Å². The van der Waals surface area contributed by atoms with E-state index >= 15 is 0 Å². The van der Waals surface area contributed by atoms with Gasteiger partial charge in [0.25, 0.3) is 0 Å². The summed E-state index contributed by atoms with van der Waals surface area (Å²) in [5, 5.41) is 7.73. The van der Waals surface area contributed by atoms with Crippen LogP contribution in [0.3, 0.4) is 0 Å². The average molecular weight is 346 g/mol. The predicted molar refractivity (Wildman–Crippen MR) is 88.4 cm³/mol. The van der Waals surface area contributed by atoms with Crippen LogP contribution in [-0.2, 0) is 16.0 Å². The number of hydrogen-bond acceptors (Lipinski definition) is 8. The minimum absolute atomic E-state index is 0.312. The van der Waals surface area contributed by atoms with Gasteiger partial charge < -0.3 is 23.7 Å². The number of ether oxygens (including phenoxy) is 3. The summed E-state index contributed by atoms with van der Waals surface area (Å²) in [6.45, 7) is 4.32. The Balaban J connectivity index is 1.48. The number of nitrogens with zero attached hydrogens (tertiary/aromatic N) is 6. The molecule has 2 saturated heterocycles. The topological polar surface area (TPSA) is 87.4 Å². The molecule has 4 heterocycles. The minimum Gasteiger partial charge on any atom is -0.481 e. The largest absolute Gasteiger partial charge is 0.481 e. The zero-order chi connectivity index (χ0) is 17.1. The second-order valence-corrected chi connectivity index (χ2v) is 6.62. The number of rotatable bonds is 4. The van der Waals surface area contributed by atoms with Crippen molar-refractivity contribution in [2.45, 2.75) is 18.6 Å². The van der Waals surface area contributed by atoms with Crippen molar-refractivity contribution in [1.82, 2.24) is 24.7 Å². The van der Waals surface area contributed by atoms with Gasteiger partial charge in [0.1, 0.15) is 30.4 Å². The highest BCUT2D eigenvalue weighted by molar-refractivity contribution is 5.41. The third-order valence-corrected chi connectivity index (χ3v) is 4.73. The Morgan fingerprint density at radius 1 is 1.32 bits per heavy atom. The predicted octanol–water partition coefficient (Wildman–Crippen LogP) is 0.389.